The van der Waals surface area contributed by atoms with Crippen molar-refractivity contribution in [2.24, 2.45) is 0 Å². The number of rotatable bonds is 3. The summed E-state index contributed by atoms with van der Waals surface area (Å²) in [6.07, 6.45) is 1.55. The fourth-order valence-electron chi connectivity index (χ4n) is 2.09. The molecule has 2 aromatic heterocycles. The lowest BCUT2D eigenvalue weighted by Crippen LogP contribution is -2.10. The number of nitrogens with one attached hydrogen (secondary N) is 2. The van der Waals surface area contributed by atoms with Crippen LogP contribution in [0, 0.1) is 0 Å². The van der Waals surface area contributed by atoms with Gasteiger partial charge in [0.05, 0.1) is 12.4 Å². The van der Waals surface area contributed by atoms with Gasteiger partial charge in [0.25, 0.3) is 0 Å². The molecule has 108 valence electrons. The molecule has 21 heavy (non-hydrogen) atoms. The molecule has 4 N–H and O–H groups in total. The summed E-state index contributed by atoms with van der Waals surface area (Å²) in [6, 6.07) is 5.28. The van der Waals surface area contributed by atoms with Crippen LogP contribution in [0.4, 0.5) is 11.8 Å². The highest BCUT2D eigenvalue weighted by atomic mass is 35.5. The Morgan fingerprint density at radius 1 is 1.29 bits per heavy atom. The van der Waals surface area contributed by atoms with Crippen molar-refractivity contribution in [3.8, 4) is 0 Å². The third-order valence-electron chi connectivity index (χ3n) is 3.09. The summed E-state index contributed by atoms with van der Waals surface area (Å²) in [5, 5.41) is 4.44. The van der Waals surface area contributed by atoms with Crippen molar-refractivity contribution in [3.63, 3.8) is 0 Å². The van der Waals surface area contributed by atoms with Gasteiger partial charge >= 0.3 is 0 Å². The molecule has 0 aliphatic rings. The van der Waals surface area contributed by atoms with Crippen molar-refractivity contribution in [1.29, 1.82) is 0 Å². The summed E-state index contributed by atoms with van der Waals surface area (Å²) >= 11 is 12.1. The number of fused-ring (bicyclic) bond motifs is 1. The molecule has 8 heteroatoms. The van der Waals surface area contributed by atoms with Gasteiger partial charge in [0.1, 0.15) is 5.52 Å². The number of nitrogen functional groups attached to an aromatic ring is 1. The molecule has 3 aromatic rings. The second kappa shape index (κ2) is 5.38. The van der Waals surface area contributed by atoms with Gasteiger partial charge in [-0.2, -0.15) is 9.97 Å². The van der Waals surface area contributed by atoms with E-state index in [0.717, 1.165) is 5.56 Å². The number of hydrogen-bond donors (Lipinski definition) is 3. The van der Waals surface area contributed by atoms with Gasteiger partial charge in [-0.15, -0.1) is 0 Å². The number of benzene rings is 1. The largest absolute Gasteiger partial charge is 0.368 e. The molecule has 0 aliphatic carbocycles. The lowest BCUT2D eigenvalue weighted by Gasteiger charge is -2.17. The Bertz CT molecular complexity index is 800. The normalized spacial score (nSPS) is 12.5. The first-order valence-electron chi connectivity index (χ1n) is 6.22. The van der Waals surface area contributed by atoms with Crippen LogP contribution in [0.15, 0.2) is 24.5 Å². The third kappa shape index (κ3) is 2.72. The molecule has 0 fully saturated rings. The SMILES string of the molecule is CC(Nc1nc(N)nc2nc[nH]c12)c1ccc(Cl)cc1Cl. The van der Waals surface area contributed by atoms with Gasteiger partial charge in [-0.1, -0.05) is 29.3 Å². The monoisotopic (exact) mass is 322 g/mol. The average Bonchev–Trinajstić information content (AvgIpc) is 2.86. The van der Waals surface area contributed by atoms with E-state index in [2.05, 4.69) is 25.3 Å². The molecule has 0 bridgehead atoms. The summed E-state index contributed by atoms with van der Waals surface area (Å²) in [7, 11) is 0. The average molecular weight is 323 g/mol. The zero-order chi connectivity index (χ0) is 15.0. The van der Waals surface area contributed by atoms with E-state index in [1.807, 2.05) is 13.0 Å². The minimum atomic E-state index is -0.0874. The Morgan fingerprint density at radius 2 is 2.10 bits per heavy atom. The summed E-state index contributed by atoms with van der Waals surface area (Å²) in [4.78, 5) is 15.3. The number of anilines is 2. The maximum Gasteiger partial charge on any atom is 0.224 e. The Kier molecular flexibility index (Phi) is 3.57. The van der Waals surface area contributed by atoms with Crippen molar-refractivity contribution < 1.29 is 0 Å². The molecule has 0 saturated carbocycles. The number of aromatic amines is 1. The molecule has 0 aliphatic heterocycles. The van der Waals surface area contributed by atoms with Crippen molar-refractivity contribution in [2.45, 2.75) is 13.0 Å². The maximum absolute atomic E-state index is 6.22. The predicted molar refractivity (Wildman–Crippen MR) is 84.6 cm³/mol. The lowest BCUT2D eigenvalue weighted by atomic mass is 10.1. The second-order valence-electron chi connectivity index (χ2n) is 4.56. The van der Waals surface area contributed by atoms with Crippen LogP contribution in [-0.2, 0) is 0 Å². The fourth-order valence-corrected chi connectivity index (χ4v) is 2.66. The van der Waals surface area contributed by atoms with E-state index in [1.165, 1.54) is 0 Å². The molecule has 3 rings (SSSR count). The van der Waals surface area contributed by atoms with Gasteiger partial charge < -0.3 is 16.0 Å². The molecule has 2 heterocycles. The minimum Gasteiger partial charge on any atom is -0.368 e. The summed E-state index contributed by atoms with van der Waals surface area (Å²) in [6.45, 7) is 1.97. The second-order valence-corrected chi connectivity index (χ2v) is 5.41. The molecular formula is C13H12Cl2N6. The molecule has 0 spiro atoms. The van der Waals surface area contributed by atoms with Crippen LogP contribution >= 0.6 is 23.2 Å². The molecule has 0 saturated heterocycles. The highest BCUT2D eigenvalue weighted by Crippen LogP contribution is 2.29. The van der Waals surface area contributed by atoms with Gasteiger partial charge in [-0.25, -0.2) is 4.98 Å². The van der Waals surface area contributed by atoms with Gasteiger partial charge in [0.2, 0.25) is 5.95 Å². The zero-order valence-electron chi connectivity index (χ0n) is 11.1. The molecular weight excluding hydrogens is 311 g/mol. The van der Waals surface area contributed by atoms with E-state index in [9.17, 15) is 0 Å². The van der Waals surface area contributed by atoms with Crippen LogP contribution in [0.25, 0.3) is 11.2 Å². The standard InChI is InChI=1S/C13H12Cl2N6/c1-6(8-3-2-7(14)4-9(8)15)19-12-10-11(18-5-17-10)20-13(16)21-12/h2-6H,1H3,(H4,16,17,18,19,20,21). The first-order chi connectivity index (χ1) is 10.0. The van der Waals surface area contributed by atoms with Crippen molar-refractivity contribution in [2.75, 3.05) is 11.1 Å². The summed E-state index contributed by atoms with van der Waals surface area (Å²) in [5.41, 5.74) is 7.81. The number of hydrogen-bond acceptors (Lipinski definition) is 5. The molecule has 1 atom stereocenters. The lowest BCUT2D eigenvalue weighted by molar-refractivity contribution is 0.876. The van der Waals surface area contributed by atoms with E-state index in [4.69, 9.17) is 28.9 Å². The van der Waals surface area contributed by atoms with Crippen molar-refractivity contribution in [3.05, 3.63) is 40.1 Å². The van der Waals surface area contributed by atoms with Gasteiger partial charge in [0.15, 0.2) is 11.5 Å². The third-order valence-corrected chi connectivity index (χ3v) is 3.65. The quantitative estimate of drug-likeness (QED) is 0.687. The highest BCUT2D eigenvalue weighted by Gasteiger charge is 2.14. The minimum absolute atomic E-state index is 0.0874. The first-order valence-corrected chi connectivity index (χ1v) is 6.98. The Balaban J connectivity index is 1.96. The van der Waals surface area contributed by atoms with E-state index in [1.54, 1.807) is 18.5 Å². The van der Waals surface area contributed by atoms with Crippen LogP contribution in [0.5, 0.6) is 0 Å². The molecule has 6 nitrogen and oxygen atoms in total. The zero-order valence-corrected chi connectivity index (χ0v) is 12.6. The van der Waals surface area contributed by atoms with Crippen LogP contribution in [0.1, 0.15) is 18.5 Å². The van der Waals surface area contributed by atoms with Crippen LogP contribution in [0.2, 0.25) is 10.0 Å². The van der Waals surface area contributed by atoms with Gasteiger partial charge in [-0.3, -0.25) is 0 Å². The van der Waals surface area contributed by atoms with E-state index in [0.29, 0.717) is 27.0 Å². The molecule has 1 aromatic carbocycles. The number of H-pyrrole nitrogens is 1. The summed E-state index contributed by atoms with van der Waals surface area (Å²) < 4.78 is 0. The van der Waals surface area contributed by atoms with Crippen LogP contribution < -0.4 is 11.1 Å². The van der Waals surface area contributed by atoms with Gasteiger partial charge in [-0.05, 0) is 24.6 Å². The van der Waals surface area contributed by atoms with Crippen molar-refractivity contribution >= 4 is 46.1 Å². The predicted octanol–water partition coefficient (Wildman–Crippen LogP) is 3.42. The van der Waals surface area contributed by atoms with E-state index in [-0.39, 0.29) is 12.0 Å². The Labute approximate surface area is 130 Å². The number of nitrogens with zero attached hydrogens (tertiary/aromatic N) is 3. The van der Waals surface area contributed by atoms with Gasteiger partial charge in [0, 0.05) is 10.0 Å². The van der Waals surface area contributed by atoms with E-state index >= 15 is 0 Å². The van der Waals surface area contributed by atoms with E-state index < -0.39 is 0 Å². The number of aromatic nitrogens is 4. The fraction of sp³-hybridized carbons (Fsp3) is 0.154. The number of nitrogens with two attached hydrogens (primary N) is 1. The Morgan fingerprint density at radius 3 is 2.86 bits per heavy atom. The molecule has 1 unspecified atom stereocenters. The van der Waals surface area contributed by atoms with Crippen LogP contribution in [0.3, 0.4) is 0 Å². The Hall–Kier alpha value is -2.05. The summed E-state index contributed by atoms with van der Waals surface area (Å²) in [5.74, 6) is 0.736. The molecule has 0 radical (unpaired) electrons. The number of halogens is 2. The smallest absolute Gasteiger partial charge is 0.224 e. The van der Waals surface area contributed by atoms with Crippen molar-refractivity contribution in [1.82, 2.24) is 19.9 Å². The topological polar surface area (TPSA) is 92.5 Å². The maximum atomic E-state index is 6.22. The molecule has 0 amide bonds. The van der Waals surface area contributed by atoms with Crippen LogP contribution in [-0.4, -0.2) is 19.9 Å². The highest BCUT2D eigenvalue weighted by molar-refractivity contribution is 6.35. The first kappa shape index (κ1) is 13.9. The number of imidazole rings is 1.